The molecule has 0 bridgehead atoms. The molecule has 0 N–H and O–H groups in total. The van der Waals surface area contributed by atoms with Crippen molar-refractivity contribution in [2.75, 3.05) is 14.2 Å². The van der Waals surface area contributed by atoms with Gasteiger partial charge in [0.1, 0.15) is 11.5 Å². The average Bonchev–Trinajstić information content (AvgIpc) is 2.78. The molecule has 0 aliphatic carbocycles. The van der Waals surface area contributed by atoms with Crippen molar-refractivity contribution in [2.45, 2.75) is 77.6 Å². The largest absolute Gasteiger partial charge is 0.495 e. The zero-order valence-corrected chi connectivity index (χ0v) is 19.1. The number of unbranched alkanes of at least 4 members (excludes halogenated alkanes) is 9. The molecule has 30 heavy (non-hydrogen) atoms. The van der Waals surface area contributed by atoms with Gasteiger partial charge in [-0.25, -0.2) is 0 Å². The molecular formula is C28H38O2. The molecule has 0 atom stereocenters. The Balaban J connectivity index is 1.61. The Morgan fingerprint density at radius 2 is 1.07 bits per heavy atom. The maximum Gasteiger partial charge on any atom is 0.134 e. The smallest absolute Gasteiger partial charge is 0.134 e. The Hall–Kier alpha value is -2.22. The van der Waals surface area contributed by atoms with Gasteiger partial charge in [0, 0.05) is 21.5 Å². The molecule has 0 saturated heterocycles. The summed E-state index contributed by atoms with van der Waals surface area (Å²) in [5.74, 6) is 1.89. The van der Waals surface area contributed by atoms with Crippen LogP contribution in [0.5, 0.6) is 11.5 Å². The second kappa shape index (κ2) is 11.8. The summed E-state index contributed by atoms with van der Waals surface area (Å²) in [5, 5.41) is 4.49. The van der Waals surface area contributed by atoms with E-state index in [1.807, 2.05) is 0 Å². The predicted octanol–water partition coefficient (Wildman–Crippen LogP) is 8.47. The fourth-order valence-electron chi connectivity index (χ4n) is 4.56. The average molecular weight is 407 g/mol. The molecule has 0 heterocycles. The number of fused-ring (bicyclic) bond motifs is 2. The van der Waals surface area contributed by atoms with Crippen LogP contribution >= 0.6 is 0 Å². The van der Waals surface area contributed by atoms with Gasteiger partial charge in [-0.1, -0.05) is 101 Å². The molecule has 3 aromatic rings. The van der Waals surface area contributed by atoms with Crippen LogP contribution in [-0.4, -0.2) is 14.2 Å². The summed E-state index contributed by atoms with van der Waals surface area (Å²) in [7, 11) is 3.52. The van der Waals surface area contributed by atoms with Crippen LogP contribution in [0.25, 0.3) is 21.5 Å². The molecule has 162 valence electrons. The Morgan fingerprint density at radius 1 is 0.567 bits per heavy atom. The molecule has 0 radical (unpaired) electrons. The lowest BCUT2D eigenvalue weighted by molar-refractivity contribution is 0.417. The van der Waals surface area contributed by atoms with Gasteiger partial charge in [-0.2, -0.15) is 0 Å². The minimum absolute atomic E-state index is 0.937. The number of hydrogen-bond acceptors (Lipinski definition) is 2. The molecule has 3 rings (SSSR count). The van der Waals surface area contributed by atoms with E-state index in [9.17, 15) is 0 Å². The first kappa shape index (κ1) is 22.5. The molecule has 0 amide bonds. The molecule has 2 heteroatoms. The van der Waals surface area contributed by atoms with Gasteiger partial charge >= 0.3 is 0 Å². The lowest BCUT2D eigenvalue weighted by Crippen LogP contribution is -1.94. The fraction of sp³-hybridized carbons (Fsp3) is 0.500. The normalized spacial score (nSPS) is 11.3. The van der Waals surface area contributed by atoms with Crippen LogP contribution in [0.1, 0.15) is 76.7 Å². The number of ether oxygens (including phenoxy) is 2. The highest BCUT2D eigenvalue weighted by Crippen LogP contribution is 2.42. The number of hydrogen-bond donors (Lipinski definition) is 0. The van der Waals surface area contributed by atoms with Crippen molar-refractivity contribution in [3.8, 4) is 11.5 Å². The van der Waals surface area contributed by atoms with Gasteiger partial charge in [0.05, 0.1) is 14.2 Å². The third-order valence-corrected chi connectivity index (χ3v) is 6.22. The molecule has 0 aliphatic heterocycles. The zero-order chi connectivity index (χ0) is 21.2. The highest BCUT2D eigenvalue weighted by atomic mass is 16.5. The lowest BCUT2D eigenvalue weighted by Gasteiger charge is -2.16. The summed E-state index contributed by atoms with van der Waals surface area (Å²) < 4.78 is 11.6. The van der Waals surface area contributed by atoms with Gasteiger partial charge in [-0.3, -0.25) is 0 Å². The van der Waals surface area contributed by atoms with Crippen LogP contribution in [-0.2, 0) is 6.42 Å². The summed E-state index contributed by atoms with van der Waals surface area (Å²) >= 11 is 0. The van der Waals surface area contributed by atoms with Crippen molar-refractivity contribution in [3.05, 3.63) is 48.0 Å². The maximum absolute atomic E-state index is 5.84. The van der Waals surface area contributed by atoms with Crippen LogP contribution in [0, 0.1) is 0 Å². The topological polar surface area (TPSA) is 18.5 Å². The molecule has 0 saturated carbocycles. The van der Waals surface area contributed by atoms with E-state index in [0.717, 1.165) is 39.5 Å². The number of rotatable bonds is 13. The Kier molecular flexibility index (Phi) is 8.86. The van der Waals surface area contributed by atoms with E-state index in [0.29, 0.717) is 0 Å². The van der Waals surface area contributed by atoms with Gasteiger partial charge in [0.2, 0.25) is 0 Å². The van der Waals surface area contributed by atoms with Crippen molar-refractivity contribution in [2.24, 2.45) is 0 Å². The summed E-state index contributed by atoms with van der Waals surface area (Å²) in [5.41, 5.74) is 1.39. The lowest BCUT2D eigenvalue weighted by atomic mass is 9.97. The van der Waals surface area contributed by atoms with Gasteiger partial charge in [-0.15, -0.1) is 0 Å². The second-order valence-electron chi connectivity index (χ2n) is 8.42. The third-order valence-electron chi connectivity index (χ3n) is 6.22. The minimum Gasteiger partial charge on any atom is -0.495 e. The van der Waals surface area contributed by atoms with Gasteiger partial charge in [-0.05, 0) is 24.5 Å². The first-order valence-corrected chi connectivity index (χ1v) is 11.9. The molecule has 3 aromatic carbocycles. The highest BCUT2D eigenvalue weighted by Gasteiger charge is 2.15. The van der Waals surface area contributed by atoms with E-state index in [1.165, 1.54) is 69.8 Å². The van der Waals surface area contributed by atoms with E-state index in [1.54, 1.807) is 14.2 Å². The third kappa shape index (κ3) is 5.47. The fourth-order valence-corrected chi connectivity index (χ4v) is 4.56. The molecule has 0 aliphatic rings. The van der Waals surface area contributed by atoms with Crippen molar-refractivity contribution in [3.63, 3.8) is 0 Å². The molecule has 0 aromatic heterocycles. The van der Waals surface area contributed by atoms with Crippen molar-refractivity contribution in [1.82, 2.24) is 0 Å². The van der Waals surface area contributed by atoms with E-state index in [2.05, 4.69) is 49.4 Å². The molecule has 2 nitrogen and oxygen atoms in total. The Labute approximate surface area is 182 Å². The van der Waals surface area contributed by atoms with Crippen LogP contribution in [0.15, 0.2) is 42.5 Å². The first-order valence-electron chi connectivity index (χ1n) is 11.9. The standard InChI is InChI=1S/C28H38O2/c1-4-5-6-7-8-9-10-11-12-13-16-22-19-20-25-26(21-22)28(30-3)24-18-15-14-17-23(24)27(25)29-2/h14-15,17-21H,4-13,16H2,1-3H3. The van der Waals surface area contributed by atoms with Gasteiger partial charge < -0.3 is 9.47 Å². The number of methoxy groups -OCH3 is 2. The number of benzene rings is 3. The van der Waals surface area contributed by atoms with Crippen LogP contribution in [0.3, 0.4) is 0 Å². The molecule has 0 fully saturated rings. The first-order chi connectivity index (χ1) is 14.8. The summed E-state index contributed by atoms with van der Waals surface area (Å²) in [6, 6.07) is 15.1. The predicted molar refractivity (Wildman–Crippen MR) is 130 cm³/mol. The Bertz CT molecular complexity index is 929. The maximum atomic E-state index is 5.84. The van der Waals surface area contributed by atoms with Gasteiger partial charge in [0.15, 0.2) is 0 Å². The summed E-state index contributed by atoms with van der Waals surface area (Å²) in [6.07, 6.45) is 14.9. The van der Waals surface area contributed by atoms with Crippen LogP contribution in [0.4, 0.5) is 0 Å². The SMILES string of the molecule is CCCCCCCCCCCCc1ccc2c(OC)c3ccccc3c(OC)c2c1. The van der Waals surface area contributed by atoms with E-state index in [-0.39, 0.29) is 0 Å². The molecule has 0 unspecified atom stereocenters. The van der Waals surface area contributed by atoms with Gasteiger partial charge in [0.25, 0.3) is 0 Å². The summed E-state index contributed by atoms with van der Waals surface area (Å²) in [4.78, 5) is 0. The zero-order valence-electron chi connectivity index (χ0n) is 19.1. The molecular weight excluding hydrogens is 368 g/mol. The van der Waals surface area contributed by atoms with Crippen LogP contribution < -0.4 is 9.47 Å². The van der Waals surface area contributed by atoms with E-state index < -0.39 is 0 Å². The van der Waals surface area contributed by atoms with Crippen molar-refractivity contribution in [1.29, 1.82) is 0 Å². The van der Waals surface area contributed by atoms with Crippen LogP contribution in [0.2, 0.25) is 0 Å². The summed E-state index contributed by atoms with van der Waals surface area (Å²) in [6.45, 7) is 2.28. The monoisotopic (exact) mass is 406 g/mol. The van der Waals surface area contributed by atoms with E-state index >= 15 is 0 Å². The number of aryl methyl sites for hydroxylation is 1. The minimum atomic E-state index is 0.937. The second-order valence-corrected chi connectivity index (χ2v) is 8.42. The van der Waals surface area contributed by atoms with E-state index in [4.69, 9.17) is 9.47 Å². The van der Waals surface area contributed by atoms with Crippen molar-refractivity contribution < 1.29 is 9.47 Å². The highest BCUT2D eigenvalue weighted by molar-refractivity contribution is 6.11. The Morgan fingerprint density at radius 3 is 1.63 bits per heavy atom. The molecule has 0 spiro atoms. The van der Waals surface area contributed by atoms with Crippen molar-refractivity contribution >= 4 is 21.5 Å². The quantitative estimate of drug-likeness (QED) is 0.209.